The van der Waals surface area contributed by atoms with Gasteiger partial charge < -0.3 is 10.5 Å². The van der Waals surface area contributed by atoms with Crippen molar-refractivity contribution in [3.63, 3.8) is 0 Å². The highest BCUT2D eigenvalue weighted by molar-refractivity contribution is 8.03. The van der Waals surface area contributed by atoms with Crippen molar-refractivity contribution in [2.45, 2.75) is 33.7 Å². The topological polar surface area (TPSA) is 86.8 Å². The molecule has 2 rings (SSSR count). The van der Waals surface area contributed by atoms with Gasteiger partial charge in [-0.3, -0.25) is 0 Å². The molecule has 0 radical (unpaired) electrons. The van der Waals surface area contributed by atoms with Crippen molar-refractivity contribution in [3.8, 4) is 5.88 Å². The summed E-state index contributed by atoms with van der Waals surface area (Å²) in [4.78, 5) is 8.19. The second kappa shape index (κ2) is 6.40. The maximum absolute atomic E-state index is 6.00. The standard InChI is InChI=1S/C10H13N5OS3/c1-5(2)16-7-6(11)8(13-4-12-7)18-10-15-14-9(17-3)19-10/h4-5H,11H2,1-3H3. The Bertz CT molecular complexity index is 560. The third-order valence-corrected chi connectivity index (χ3v) is 4.87. The average molecular weight is 315 g/mol. The summed E-state index contributed by atoms with van der Waals surface area (Å²) in [5.74, 6) is 0.405. The summed E-state index contributed by atoms with van der Waals surface area (Å²) in [7, 11) is 0. The van der Waals surface area contributed by atoms with Crippen molar-refractivity contribution < 1.29 is 4.74 Å². The van der Waals surface area contributed by atoms with Crippen LogP contribution in [-0.4, -0.2) is 32.5 Å². The molecule has 2 aromatic rings. The predicted octanol–water partition coefficient (Wildman–Crippen LogP) is 2.57. The van der Waals surface area contributed by atoms with Crippen LogP contribution in [0.1, 0.15) is 13.8 Å². The molecule has 2 heterocycles. The maximum atomic E-state index is 6.00. The molecule has 6 nitrogen and oxygen atoms in total. The molecule has 9 heteroatoms. The fourth-order valence-electron chi connectivity index (χ4n) is 1.17. The molecule has 0 aliphatic rings. The van der Waals surface area contributed by atoms with Gasteiger partial charge in [0.1, 0.15) is 17.0 Å². The van der Waals surface area contributed by atoms with Crippen molar-refractivity contribution in [1.29, 1.82) is 0 Å². The fourth-order valence-corrected chi connectivity index (χ4v) is 3.51. The van der Waals surface area contributed by atoms with Crippen LogP contribution >= 0.6 is 34.9 Å². The second-order valence-electron chi connectivity index (χ2n) is 3.70. The summed E-state index contributed by atoms with van der Waals surface area (Å²) in [6, 6.07) is 0. The molecule has 0 unspecified atom stereocenters. The minimum Gasteiger partial charge on any atom is -0.473 e. The molecular formula is C10H13N5OS3. The number of nitrogen functional groups attached to an aromatic ring is 1. The van der Waals surface area contributed by atoms with Gasteiger partial charge >= 0.3 is 0 Å². The van der Waals surface area contributed by atoms with Crippen molar-refractivity contribution in [2.24, 2.45) is 0 Å². The zero-order chi connectivity index (χ0) is 13.8. The Balaban J connectivity index is 2.20. The van der Waals surface area contributed by atoms with Gasteiger partial charge in [0.25, 0.3) is 0 Å². The first kappa shape index (κ1) is 14.4. The number of ether oxygens (including phenoxy) is 1. The molecule has 102 valence electrons. The van der Waals surface area contributed by atoms with Gasteiger partial charge in [-0.2, -0.15) is 4.98 Å². The van der Waals surface area contributed by atoms with Crippen LogP contribution in [0.15, 0.2) is 20.0 Å². The quantitative estimate of drug-likeness (QED) is 0.665. The van der Waals surface area contributed by atoms with Gasteiger partial charge in [0.2, 0.25) is 5.88 Å². The van der Waals surface area contributed by atoms with E-state index >= 15 is 0 Å². The van der Waals surface area contributed by atoms with E-state index < -0.39 is 0 Å². The van der Waals surface area contributed by atoms with Gasteiger partial charge in [-0.25, -0.2) is 4.98 Å². The molecule has 0 fully saturated rings. The van der Waals surface area contributed by atoms with Gasteiger partial charge in [0.05, 0.1) is 6.10 Å². The SMILES string of the molecule is CSc1nnc(Sc2ncnc(OC(C)C)c2N)s1. The number of aromatic nitrogens is 4. The molecule has 0 saturated carbocycles. The highest BCUT2D eigenvalue weighted by Gasteiger charge is 2.14. The monoisotopic (exact) mass is 315 g/mol. The first-order valence-electron chi connectivity index (χ1n) is 5.42. The lowest BCUT2D eigenvalue weighted by Gasteiger charge is -2.11. The number of thioether (sulfide) groups is 1. The zero-order valence-electron chi connectivity index (χ0n) is 10.7. The summed E-state index contributed by atoms with van der Waals surface area (Å²) in [5, 5.41) is 8.73. The third kappa shape index (κ3) is 3.71. The second-order valence-corrected chi connectivity index (χ2v) is 6.97. The number of rotatable bonds is 5. The van der Waals surface area contributed by atoms with E-state index in [0.29, 0.717) is 16.6 Å². The zero-order valence-corrected chi connectivity index (χ0v) is 13.1. The van der Waals surface area contributed by atoms with Crippen molar-refractivity contribution in [2.75, 3.05) is 12.0 Å². The Morgan fingerprint density at radius 1 is 1.26 bits per heavy atom. The minimum atomic E-state index is 0.0136. The molecule has 0 aromatic carbocycles. The van der Waals surface area contributed by atoms with E-state index in [4.69, 9.17) is 10.5 Å². The number of hydrogen-bond donors (Lipinski definition) is 1. The number of anilines is 1. The van der Waals surface area contributed by atoms with Crippen molar-refractivity contribution >= 4 is 40.5 Å². The molecule has 0 bridgehead atoms. The van der Waals surface area contributed by atoms with Crippen LogP contribution in [0, 0.1) is 0 Å². The summed E-state index contributed by atoms with van der Waals surface area (Å²) >= 11 is 4.43. The van der Waals surface area contributed by atoms with Crippen molar-refractivity contribution in [1.82, 2.24) is 20.2 Å². The molecule has 0 spiro atoms. The first-order chi connectivity index (χ1) is 9.10. The summed E-state index contributed by atoms with van der Waals surface area (Å²) in [6.07, 6.45) is 3.41. The molecule has 2 aromatic heterocycles. The van der Waals surface area contributed by atoms with Crippen molar-refractivity contribution in [3.05, 3.63) is 6.33 Å². The van der Waals surface area contributed by atoms with Crippen LogP contribution in [0.25, 0.3) is 0 Å². The normalized spacial score (nSPS) is 10.9. The van der Waals surface area contributed by atoms with E-state index in [9.17, 15) is 0 Å². The molecule has 0 aliphatic carbocycles. The van der Waals surface area contributed by atoms with Crippen LogP contribution in [0.2, 0.25) is 0 Å². The lowest BCUT2D eigenvalue weighted by molar-refractivity contribution is 0.233. The summed E-state index contributed by atoms with van der Waals surface area (Å²) in [5.41, 5.74) is 6.43. The van der Waals surface area contributed by atoms with E-state index in [-0.39, 0.29) is 6.10 Å². The molecule has 0 amide bonds. The van der Waals surface area contributed by atoms with E-state index in [0.717, 1.165) is 8.68 Å². The van der Waals surface area contributed by atoms with Gasteiger partial charge in [0, 0.05) is 0 Å². The molecule has 0 saturated heterocycles. The fraction of sp³-hybridized carbons (Fsp3) is 0.400. The average Bonchev–Trinajstić information content (AvgIpc) is 2.81. The summed E-state index contributed by atoms with van der Waals surface area (Å²) < 4.78 is 7.23. The Morgan fingerprint density at radius 3 is 2.63 bits per heavy atom. The third-order valence-electron chi connectivity index (χ3n) is 1.90. The minimum absolute atomic E-state index is 0.0136. The highest BCUT2D eigenvalue weighted by atomic mass is 32.2. The summed E-state index contributed by atoms with van der Waals surface area (Å²) in [6.45, 7) is 3.84. The molecule has 19 heavy (non-hydrogen) atoms. The lowest BCUT2D eigenvalue weighted by atomic mass is 10.4. The van der Waals surface area contributed by atoms with E-state index in [2.05, 4.69) is 20.2 Å². The smallest absolute Gasteiger partial charge is 0.241 e. The van der Waals surface area contributed by atoms with Gasteiger partial charge in [-0.1, -0.05) is 23.1 Å². The number of nitrogens with two attached hydrogens (primary N) is 1. The van der Waals surface area contributed by atoms with E-state index in [1.165, 1.54) is 29.4 Å². The molecule has 2 N–H and O–H groups in total. The lowest BCUT2D eigenvalue weighted by Crippen LogP contribution is -2.09. The largest absolute Gasteiger partial charge is 0.473 e. The maximum Gasteiger partial charge on any atom is 0.241 e. The van der Waals surface area contributed by atoms with E-state index in [1.807, 2.05) is 20.1 Å². The number of hydrogen-bond acceptors (Lipinski definition) is 9. The highest BCUT2D eigenvalue weighted by Crippen LogP contribution is 2.36. The number of nitrogens with zero attached hydrogens (tertiary/aromatic N) is 4. The van der Waals surface area contributed by atoms with Crippen LogP contribution in [0.3, 0.4) is 0 Å². The Morgan fingerprint density at radius 2 is 2.00 bits per heavy atom. The Hall–Kier alpha value is -1.06. The van der Waals surface area contributed by atoms with Crippen LogP contribution in [-0.2, 0) is 0 Å². The van der Waals surface area contributed by atoms with Gasteiger partial charge in [-0.05, 0) is 31.9 Å². The first-order valence-corrected chi connectivity index (χ1v) is 8.28. The predicted molar refractivity (Wildman–Crippen MR) is 78.0 cm³/mol. The van der Waals surface area contributed by atoms with Crippen LogP contribution in [0.5, 0.6) is 5.88 Å². The van der Waals surface area contributed by atoms with Gasteiger partial charge in [0.15, 0.2) is 8.68 Å². The Labute approximate surface area is 123 Å². The Kier molecular flexibility index (Phi) is 4.83. The molecular weight excluding hydrogens is 302 g/mol. The molecule has 0 aliphatic heterocycles. The van der Waals surface area contributed by atoms with Gasteiger partial charge in [-0.15, -0.1) is 10.2 Å². The van der Waals surface area contributed by atoms with Crippen LogP contribution in [0.4, 0.5) is 5.69 Å². The molecule has 0 atom stereocenters. The van der Waals surface area contributed by atoms with E-state index in [1.54, 1.807) is 11.8 Å². The van der Waals surface area contributed by atoms with Crippen LogP contribution < -0.4 is 10.5 Å².